The summed E-state index contributed by atoms with van der Waals surface area (Å²) in [6.45, 7) is 5.81. The van der Waals surface area contributed by atoms with Crippen LogP contribution in [0.2, 0.25) is 0 Å². The van der Waals surface area contributed by atoms with Crippen molar-refractivity contribution in [3.8, 4) is 0 Å². The molecule has 1 aromatic carbocycles. The Kier molecular flexibility index (Phi) is 3.19. The van der Waals surface area contributed by atoms with E-state index >= 15 is 0 Å². The minimum Gasteiger partial charge on any atom is -0.440 e. The summed E-state index contributed by atoms with van der Waals surface area (Å²) < 4.78 is 18.5. The second-order valence-electron chi connectivity index (χ2n) is 3.87. The number of nitrogens with zero attached hydrogens (tertiary/aromatic N) is 1. The van der Waals surface area contributed by atoms with Crippen molar-refractivity contribution in [3.63, 3.8) is 0 Å². The number of rotatable bonds is 4. The van der Waals surface area contributed by atoms with Crippen LogP contribution in [0.1, 0.15) is 25.7 Å². The van der Waals surface area contributed by atoms with E-state index in [4.69, 9.17) is 4.42 Å². The normalized spacial score (nSPS) is 13.2. The monoisotopic (exact) mass is 222 g/mol. The zero-order valence-corrected chi connectivity index (χ0v) is 9.46. The predicted octanol–water partition coefficient (Wildman–Crippen LogP) is 2.68. The van der Waals surface area contributed by atoms with Gasteiger partial charge in [-0.25, -0.2) is 9.37 Å². The first-order valence-corrected chi connectivity index (χ1v) is 5.47. The first-order chi connectivity index (χ1) is 7.70. The molecule has 0 bridgehead atoms. The molecular weight excluding hydrogens is 207 g/mol. The van der Waals surface area contributed by atoms with Gasteiger partial charge in [-0.3, -0.25) is 0 Å². The fourth-order valence-electron chi connectivity index (χ4n) is 1.58. The van der Waals surface area contributed by atoms with Gasteiger partial charge in [0.1, 0.15) is 11.3 Å². The quantitative estimate of drug-likeness (QED) is 0.864. The Hall–Kier alpha value is -1.42. The predicted molar refractivity (Wildman–Crippen MR) is 60.9 cm³/mol. The van der Waals surface area contributed by atoms with Crippen LogP contribution in [-0.4, -0.2) is 18.1 Å². The van der Waals surface area contributed by atoms with Crippen molar-refractivity contribution in [2.45, 2.75) is 19.8 Å². The number of fused-ring (bicyclic) bond motifs is 1. The number of aromatic nitrogens is 1. The Morgan fingerprint density at radius 2 is 2.31 bits per heavy atom. The highest BCUT2D eigenvalue weighted by Crippen LogP contribution is 2.21. The van der Waals surface area contributed by atoms with Crippen LogP contribution in [0.25, 0.3) is 11.1 Å². The molecular formula is C12H15FN2O. The molecule has 0 radical (unpaired) electrons. The topological polar surface area (TPSA) is 38.1 Å². The molecule has 0 saturated heterocycles. The van der Waals surface area contributed by atoms with Crippen molar-refractivity contribution in [2.24, 2.45) is 0 Å². The molecule has 0 aliphatic rings. The third-order valence-electron chi connectivity index (χ3n) is 2.49. The van der Waals surface area contributed by atoms with Crippen molar-refractivity contribution in [1.82, 2.24) is 10.3 Å². The molecule has 0 saturated carbocycles. The van der Waals surface area contributed by atoms with E-state index in [-0.39, 0.29) is 11.7 Å². The molecule has 0 amide bonds. The maximum atomic E-state index is 12.9. The van der Waals surface area contributed by atoms with Crippen LogP contribution in [0.5, 0.6) is 0 Å². The van der Waals surface area contributed by atoms with Crippen molar-refractivity contribution >= 4 is 11.1 Å². The average molecular weight is 222 g/mol. The van der Waals surface area contributed by atoms with E-state index in [0.717, 1.165) is 13.1 Å². The van der Waals surface area contributed by atoms with Gasteiger partial charge in [-0.2, -0.15) is 0 Å². The number of benzene rings is 1. The van der Waals surface area contributed by atoms with Crippen molar-refractivity contribution in [1.29, 1.82) is 0 Å². The number of hydrogen-bond donors (Lipinski definition) is 1. The Bertz CT molecular complexity index is 481. The fourth-order valence-corrected chi connectivity index (χ4v) is 1.58. The largest absolute Gasteiger partial charge is 0.440 e. The van der Waals surface area contributed by atoms with Gasteiger partial charge < -0.3 is 9.73 Å². The highest BCUT2D eigenvalue weighted by atomic mass is 19.1. The highest BCUT2D eigenvalue weighted by Gasteiger charge is 2.13. The maximum Gasteiger partial charge on any atom is 0.199 e. The van der Waals surface area contributed by atoms with Crippen LogP contribution in [-0.2, 0) is 0 Å². The number of halogens is 1. The van der Waals surface area contributed by atoms with E-state index in [1.165, 1.54) is 12.1 Å². The van der Waals surface area contributed by atoms with Crippen LogP contribution >= 0.6 is 0 Å². The summed E-state index contributed by atoms with van der Waals surface area (Å²) in [5, 5.41) is 3.23. The van der Waals surface area contributed by atoms with Gasteiger partial charge >= 0.3 is 0 Å². The lowest BCUT2D eigenvalue weighted by atomic mass is 10.2. The van der Waals surface area contributed by atoms with Crippen LogP contribution in [0.3, 0.4) is 0 Å². The molecule has 4 heteroatoms. The van der Waals surface area contributed by atoms with Gasteiger partial charge in [0, 0.05) is 18.5 Å². The third-order valence-corrected chi connectivity index (χ3v) is 2.49. The number of nitrogens with one attached hydrogen (secondary N) is 1. The second-order valence-corrected chi connectivity index (χ2v) is 3.87. The van der Waals surface area contributed by atoms with E-state index in [1.807, 2.05) is 13.8 Å². The smallest absolute Gasteiger partial charge is 0.199 e. The van der Waals surface area contributed by atoms with Crippen molar-refractivity contribution in [3.05, 3.63) is 29.9 Å². The van der Waals surface area contributed by atoms with Gasteiger partial charge in [0.15, 0.2) is 11.5 Å². The molecule has 16 heavy (non-hydrogen) atoms. The lowest BCUT2D eigenvalue weighted by Gasteiger charge is -2.06. The number of oxazole rings is 1. The third kappa shape index (κ3) is 2.22. The van der Waals surface area contributed by atoms with Gasteiger partial charge in [-0.15, -0.1) is 0 Å². The molecule has 1 aromatic heterocycles. The minimum absolute atomic E-state index is 0.190. The highest BCUT2D eigenvalue weighted by molar-refractivity contribution is 5.72. The zero-order chi connectivity index (χ0) is 11.5. The van der Waals surface area contributed by atoms with Crippen LogP contribution in [0.15, 0.2) is 22.6 Å². The van der Waals surface area contributed by atoms with E-state index in [0.29, 0.717) is 17.0 Å². The van der Waals surface area contributed by atoms with Gasteiger partial charge in [0.2, 0.25) is 0 Å². The summed E-state index contributed by atoms with van der Waals surface area (Å²) in [4.78, 5) is 4.33. The molecule has 0 spiro atoms. The Labute approximate surface area is 93.7 Å². The summed E-state index contributed by atoms with van der Waals surface area (Å²) in [7, 11) is 0. The minimum atomic E-state index is -0.297. The van der Waals surface area contributed by atoms with Gasteiger partial charge in [-0.05, 0) is 18.7 Å². The maximum absolute atomic E-state index is 12.9. The molecule has 0 fully saturated rings. The van der Waals surface area contributed by atoms with Crippen LogP contribution in [0, 0.1) is 5.82 Å². The fraction of sp³-hybridized carbons (Fsp3) is 0.417. The molecule has 1 N–H and O–H groups in total. The molecule has 1 heterocycles. The van der Waals surface area contributed by atoms with E-state index < -0.39 is 0 Å². The first-order valence-electron chi connectivity index (χ1n) is 5.47. The Balaban J connectivity index is 2.25. The summed E-state index contributed by atoms with van der Waals surface area (Å²) in [6, 6.07) is 4.40. The van der Waals surface area contributed by atoms with Gasteiger partial charge in [-0.1, -0.05) is 13.8 Å². The van der Waals surface area contributed by atoms with E-state index in [1.54, 1.807) is 6.07 Å². The van der Waals surface area contributed by atoms with E-state index in [9.17, 15) is 4.39 Å². The summed E-state index contributed by atoms with van der Waals surface area (Å²) in [6.07, 6.45) is 0. The molecule has 86 valence electrons. The number of hydrogen-bond acceptors (Lipinski definition) is 3. The SMILES string of the molecule is CCNCC(C)c1nc2ccc(F)cc2o1. The van der Waals surface area contributed by atoms with Crippen molar-refractivity contribution in [2.75, 3.05) is 13.1 Å². The summed E-state index contributed by atoms with van der Waals surface area (Å²) >= 11 is 0. The standard InChI is InChI=1S/C12H15FN2O/c1-3-14-7-8(2)12-15-10-5-4-9(13)6-11(10)16-12/h4-6,8,14H,3,7H2,1-2H3. The molecule has 3 nitrogen and oxygen atoms in total. The summed E-state index contributed by atoms with van der Waals surface area (Å²) in [5.74, 6) is 0.548. The molecule has 1 atom stereocenters. The molecule has 0 aliphatic carbocycles. The molecule has 0 aliphatic heterocycles. The van der Waals surface area contributed by atoms with Gasteiger partial charge in [0.05, 0.1) is 0 Å². The molecule has 1 unspecified atom stereocenters. The average Bonchev–Trinajstić information content (AvgIpc) is 2.68. The zero-order valence-electron chi connectivity index (χ0n) is 9.46. The molecule has 2 rings (SSSR count). The van der Waals surface area contributed by atoms with Crippen molar-refractivity contribution < 1.29 is 8.81 Å². The Morgan fingerprint density at radius 3 is 3.06 bits per heavy atom. The van der Waals surface area contributed by atoms with E-state index in [2.05, 4.69) is 10.3 Å². The lowest BCUT2D eigenvalue weighted by molar-refractivity contribution is 0.469. The summed E-state index contributed by atoms with van der Waals surface area (Å²) in [5.41, 5.74) is 1.22. The van der Waals surface area contributed by atoms with Crippen LogP contribution < -0.4 is 5.32 Å². The van der Waals surface area contributed by atoms with Crippen LogP contribution in [0.4, 0.5) is 4.39 Å². The Morgan fingerprint density at radius 1 is 1.50 bits per heavy atom. The lowest BCUT2D eigenvalue weighted by Crippen LogP contribution is -2.19. The second kappa shape index (κ2) is 4.61. The molecule has 2 aromatic rings. The first kappa shape index (κ1) is 11.1. The number of likely N-dealkylation sites (N-methyl/N-ethyl adjacent to an activating group) is 1. The van der Waals surface area contributed by atoms with Gasteiger partial charge in [0.25, 0.3) is 0 Å².